The molecule has 1 N–H and O–H groups in total. The maximum atomic E-state index is 13.5. The molecule has 0 unspecified atom stereocenters. The van der Waals surface area contributed by atoms with Crippen molar-refractivity contribution in [3.63, 3.8) is 0 Å². The molecule has 0 aliphatic rings. The topological polar surface area (TPSA) is 76.4 Å². The van der Waals surface area contributed by atoms with Gasteiger partial charge in [0.15, 0.2) is 0 Å². The number of nitrogens with zero attached hydrogens (tertiary/aromatic N) is 1. The summed E-state index contributed by atoms with van der Waals surface area (Å²) in [6, 6.07) is 18.6. The first-order valence-corrected chi connectivity index (χ1v) is 11.6. The summed E-state index contributed by atoms with van der Waals surface area (Å²) < 4.78 is 28.2. The van der Waals surface area contributed by atoms with Crippen LogP contribution >= 0.6 is 23.2 Å². The molecule has 0 fully saturated rings. The first-order valence-electron chi connectivity index (χ1n) is 9.39. The largest absolute Gasteiger partial charge is 0.481 e. The van der Waals surface area contributed by atoms with Gasteiger partial charge in [0.2, 0.25) is 0 Å². The summed E-state index contributed by atoms with van der Waals surface area (Å²) in [6.45, 7) is 0. The van der Waals surface area contributed by atoms with E-state index < -0.39 is 16.0 Å². The summed E-state index contributed by atoms with van der Waals surface area (Å²) >= 11 is 12.3. The molecule has 4 aromatic rings. The van der Waals surface area contributed by atoms with Crippen LogP contribution in [-0.4, -0.2) is 23.5 Å². The number of aliphatic carboxylic acids is 1. The average Bonchev–Trinajstić information content (AvgIpc) is 3.12. The molecular formula is C23H17Cl2NO4S. The number of carboxylic acid groups (broad SMARTS) is 1. The summed E-state index contributed by atoms with van der Waals surface area (Å²) in [5.74, 6) is -0.938. The van der Waals surface area contributed by atoms with Crippen molar-refractivity contribution in [3.8, 4) is 11.1 Å². The Hall–Kier alpha value is -2.80. The van der Waals surface area contributed by atoms with Crippen molar-refractivity contribution in [2.45, 2.75) is 17.7 Å². The molecule has 0 radical (unpaired) electrons. The summed E-state index contributed by atoms with van der Waals surface area (Å²) in [5.41, 5.74) is 2.48. The van der Waals surface area contributed by atoms with Gasteiger partial charge in [-0.3, -0.25) is 4.79 Å². The zero-order valence-electron chi connectivity index (χ0n) is 16.1. The first kappa shape index (κ1) is 21.4. The van der Waals surface area contributed by atoms with Crippen molar-refractivity contribution >= 4 is 50.1 Å². The summed E-state index contributed by atoms with van der Waals surface area (Å²) in [5, 5.41) is 10.6. The Labute approximate surface area is 189 Å². The molecule has 1 aromatic heterocycles. The Bertz CT molecular complexity index is 1410. The molecule has 8 heteroatoms. The van der Waals surface area contributed by atoms with Crippen molar-refractivity contribution in [1.82, 2.24) is 3.97 Å². The molecule has 158 valence electrons. The third-order valence-corrected chi connectivity index (χ3v) is 7.22. The van der Waals surface area contributed by atoms with Gasteiger partial charge >= 0.3 is 5.97 Å². The van der Waals surface area contributed by atoms with Crippen LogP contribution in [-0.2, 0) is 21.2 Å². The number of para-hydroxylation sites is 1. The maximum Gasteiger partial charge on any atom is 0.303 e. The summed E-state index contributed by atoms with van der Waals surface area (Å²) in [4.78, 5) is 11.1. The molecule has 0 bridgehead atoms. The normalized spacial score (nSPS) is 11.7. The van der Waals surface area contributed by atoms with E-state index in [1.54, 1.807) is 60.7 Å². The van der Waals surface area contributed by atoms with E-state index in [4.69, 9.17) is 28.3 Å². The van der Waals surface area contributed by atoms with E-state index in [1.807, 2.05) is 0 Å². The van der Waals surface area contributed by atoms with Gasteiger partial charge in [-0.2, -0.15) is 0 Å². The molecule has 31 heavy (non-hydrogen) atoms. The zero-order chi connectivity index (χ0) is 22.2. The molecule has 0 saturated carbocycles. The number of rotatable bonds is 6. The molecule has 0 spiro atoms. The van der Waals surface area contributed by atoms with Crippen LogP contribution < -0.4 is 0 Å². The van der Waals surface area contributed by atoms with Crippen molar-refractivity contribution in [2.24, 2.45) is 0 Å². The van der Waals surface area contributed by atoms with Gasteiger partial charge in [-0.15, -0.1) is 0 Å². The Morgan fingerprint density at radius 1 is 0.968 bits per heavy atom. The molecular weight excluding hydrogens is 457 g/mol. The van der Waals surface area contributed by atoms with E-state index in [2.05, 4.69) is 0 Å². The van der Waals surface area contributed by atoms with E-state index in [1.165, 1.54) is 16.2 Å². The molecule has 4 rings (SSSR count). The number of halogens is 2. The lowest BCUT2D eigenvalue weighted by Crippen LogP contribution is -2.12. The van der Waals surface area contributed by atoms with Gasteiger partial charge in [-0.1, -0.05) is 59.6 Å². The van der Waals surface area contributed by atoms with Crippen LogP contribution in [0.4, 0.5) is 0 Å². The van der Waals surface area contributed by atoms with Crippen LogP contribution in [0.5, 0.6) is 0 Å². The monoisotopic (exact) mass is 473 g/mol. The first-order chi connectivity index (χ1) is 14.8. The second kappa shape index (κ2) is 8.38. The minimum absolute atomic E-state index is 0.0847. The van der Waals surface area contributed by atoms with Crippen molar-refractivity contribution in [3.05, 3.63) is 88.5 Å². The van der Waals surface area contributed by atoms with E-state index in [0.29, 0.717) is 37.6 Å². The Kier molecular flexibility index (Phi) is 5.79. The molecule has 0 atom stereocenters. The Morgan fingerprint density at radius 3 is 2.48 bits per heavy atom. The highest BCUT2D eigenvalue weighted by atomic mass is 35.5. The highest BCUT2D eigenvalue weighted by Gasteiger charge is 2.22. The number of fused-ring (bicyclic) bond motifs is 1. The minimum Gasteiger partial charge on any atom is -0.481 e. The standard InChI is InChI=1S/C23H17Cl2NO4S/c24-17-9-10-19(21(25)13-17)15-4-3-5-18(12-15)31(29,30)26-14-16(8-11-23(27)28)20-6-1-2-7-22(20)26/h1-7,9-10,12-14H,8,11H2,(H,27,28). The number of aryl methyl sites for hydroxylation is 1. The lowest BCUT2D eigenvalue weighted by molar-refractivity contribution is -0.136. The molecule has 0 aliphatic carbocycles. The van der Waals surface area contributed by atoms with Gasteiger partial charge in [0.1, 0.15) is 0 Å². The van der Waals surface area contributed by atoms with Gasteiger partial charge in [0, 0.05) is 33.6 Å². The van der Waals surface area contributed by atoms with Crippen molar-refractivity contribution in [1.29, 1.82) is 0 Å². The van der Waals surface area contributed by atoms with Gasteiger partial charge < -0.3 is 5.11 Å². The smallest absolute Gasteiger partial charge is 0.303 e. The number of hydrogen-bond donors (Lipinski definition) is 1. The summed E-state index contributed by atoms with van der Waals surface area (Å²) in [6.07, 6.45) is 1.66. The molecule has 1 heterocycles. The van der Waals surface area contributed by atoms with Crippen molar-refractivity contribution in [2.75, 3.05) is 0 Å². The van der Waals surface area contributed by atoms with Gasteiger partial charge in [0.25, 0.3) is 10.0 Å². The highest BCUT2D eigenvalue weighted by molar-refractivity contribution is 7.90. The number of benzene rings is 3. The number of aromatic nitrogens is 1. The second-order valence-corrected chi connectivity index (χ2v) is 9.68. The molecule has 0 amide bonds. The zero-order valence-corrected chi connectivity index (χ0v) is 18.5. The van der Waals surface area contributed by atoms with E-state index in [9.17, 15) is 13.2 Å². The molecule has 0 saturated heterocycles. The second-order valence-electron chi connectivity index (χ2n) is 7.02. The van der Waals surface area contributed by atoms with Crippen LogP contribution in [0.15, 0.2) is 77.8 Å². The lowest BCUT2D eigenvalue weighted by atomic mass is 10.1. The van der Waals surface area contributed by atoms with E-state index in [0.717, 1.165) is 0 Å². The minimum atomic E-state index is -3.93. The number of carbonyl (C=O) groups is 1. The van der Waals surface area contributed by atoms with Crippen molar-refractivity contribution < 1.29 is 18.3 Å². The fourth-order valence-corrected chi connectivity index (χ4v) is 5.47. The Morgan fingerprint density at radius 2 is 1.74 bits per heavy atom. The number of carboxylic acids is 1. The predicted octanol–water partition coefficient (Wildman–Crippen LogP) is 5.87. The SMILES string of the molecule is O=C(O)CCc1cn(S(=O)(=O)c2cccc(-c3ccc(Cl)cc3Cl)c2)c2ccccc12. The van der Waals surface area contributed by atoms with Crippen LogP contribution in [0, 0.1) is 0 Å². The van der Waals surface area contributed by atoms with Crippen LogP contribution in [0.1, 0.15) is 12.0 Å². The third-order valence-electron chi connectivity index (χ3n) is 5.00. The molecule has 0 aliphatic heterocycles. The molecule has 3 aromatic carbocycles. The van der Waals surface area contributed by atoms with Crippen LogP contribution in [0.2, 0.25) is 10.0 Å². The fourth-order valence-electron chi connectivity index (χ4n) is 3.52. The van der Waals surface area contributed by atoms with Crippen LogP contribution in [0.25, 0.3) is 22.0 Å². The molecule has 5 nitrogen and oxygen atoms in total. The van der Waals surface area contributed by atoms with Crippen LogP contribution in [0.3, 0.4) is 0 Å². The number of hydrogen-bond acceptors (Lipinski definition) is 3. The predicted molar refractivity (Wildman–Crippen MR) is 122 cm³/mol. The van der Waals surface area contributed by atoms with E-state index in [-0.39, 0.29) is 17.7 Å². The maximum absolute atomic E-state index is 13.5. The Balaban J connectivity index is 1.83. The summed E-state index contributed by atoms with van der Waals surface area (Å²) in [7, 11) is -3.93. The third kappa shape index (κ3) is 4.19. The lowest BCUT2D eigenvalue weighted by Gasteiger charge is -2.10. The fraction of sp³-hybridized carbons (Fsp3) is 0.0870. The highest BCUT2D eigenvalue weighted by Crippen LogP contribution is 2.33. The average molecular weight is 474 g/mol. The van der Waals surface area contributed by atoms with Gasteiger partial charge in [-0.05, 0) is 47.9 Å². The van der Waals surface area contributed by atoms with Gasteiger partial charge in [0.05, 0.1) is 10.4 Å². The van der Waals surface area contributed by atoms with Gasteiger partial charge in [-0.25, -0.2) is 12.4 Å². The van der Waals surface area contributed by atoms with E-state index >= 15 is 0 Å². The quantitative estimate of drug-likeness (QED) is 0.379.